The number of hydrogen-bond donors (Lipinski definition) is 0. The molecule has 0 radical (unpaired) electrons. The first-order valence-corrected chi connectivity index (χ1v) is 5.26. The molecule has 1 unspecified atom stereocenters. The number of ether oxygens (including phenoxy) is 2. The molecule has 0 fully saturated rings. The molecule has 1 aromatic carbocycles. The zero-order chi connectivity index (χ0) is 12.0. The SMILES string of the molecule is C=Cc1ccc(OC(=O)OC(C)CC)cc1. The van der Waals surface area contributed by atoms with Crippen LogP contribution in [0.3, 0.4) is 0 Å². The number of carbonyl (C=O) groups excluding carboxylic acids is 1. The van der Waals surface area contributed by atoms with Crippen LogP contribution in [0.4, 0.5) is 4.79 Å². The Labute approximate surface area is 95.7 Å². The molecule has 0 bridgehead atoms. The van der Waals surface area contributed by atoms with E-state index >= 15 is 0 Å². The van der Waals surface area contributed by atoms with Crippen molar-refractivity contribution < 1.29 is 14.3 Å². The van der Waals surface area contributed by atoms with E-state index in [4.69, 9.17) is 9.47 Å². The van der Waals surface area contributed by atoms with Crippen molar-refractivity contribution in [1.82, 2.24) is 0 Å². The van der Waals surface area contributed by atoms with Crippen LogP contribution in [0.5, 0.6) is 5.75 Å². The topological polar surface area (TPSA) is 35.5 Å². The Balaban J connectivity index is 2.52. The number of rotatable bonds is 4. The van der Waals surface area contributed by atoms with Gasteiger partial charge >= 0.3 is 6.16 Å². The fourth-order valence-corrected chi connectivity index (χ4v) is 1.04. The van der Waals surface area contributed by atoms with Gasteiger partial charge in [-0.2, -0.15) is 0 Å². The highest BCUT2D eigenvalue weighted by Gasteiger charge is 2.09. The minimum Gasteiger partial charge on any atom is -0.431 e. The minimum absolute atomic E-state index is 0.125. The van der Waals surface area contributed by atoms with Crippen LogP contribution in [0.15, 0.2) is 30.8 Å². The van der Waals surface area contributed by atoms with Gasteiger partial charge in [-0.15, -0.1) is 0 Å². The van der Waals surface area contributed by atoms with Crippen molar-refractivity contribution in [1.29, 1.82) is 0 Å². The summed E-state index contributed by atoms with van der Waals surface area (Å²) in [6.07, 6.45) is 1.70. The first-order valence-electron chi connectivity index (χ1n) is 5.26. The summed E-state index contributed by atoms with van der Waals surface area (Å²) in [5.74, 6) is 0.471. The molecule has 0 heterocycles. The van der Waals surface area contributed by atoms with Gasteiger partial charge in [-0.3, -0.25) is 0 Å². The summed E-state index contributed by atoms with van der Waals surface area (Å²) in [5, 5.41) is 0. The Morgan fingerprint density at radius 3 is 2.56 bits per heavy atom. The van der Waals surface area contributed by atoms with Crippen LogP contribution in [-0.2, 0) is 4.74 Å². The standard InChI is InChI=1S/C13H16O3/c1-4-10(3)15-13(14)16-12-8-6-11(5-2)7-9-12/h5-10H,2,4H2,1,3H3. The van der Waals surface area contributed by atoms with Gasteiger partial charge in [0.25, 0.3) is 0 Å². The number of hydrogen-bond acceptors (Lipinski definition) is 3. The monoisotopic (exact) mass is 220 g/mol. The fourth-order valence-electron chi connectivity index (χ4n) is 1.04. The summed E-state index contributed by atoms with van der Waals surface area (Å²) >= 11 is 0. The highest BCUT2D eigenvalue weighted by molar-refractivity contribution is 5.64. The predicted octanol–water partition coefficient (Wildman–Crippen LogP) is 3.64. The minimum atomic E-state index is -0.666. The Kier molecular flexibility index (Phi) is 4.58. The second kappa shape index (κ2) is 5.95. The van der Waals surface area contributed by atoms with Crippen LogP contribution in [0.25, 0.3) is 6.08 Å². The molecule has 0 saturated heterocycles. The molecule has 0 amide bonds. The molecule has 1 aromatic rings. The summed E-state index contributed by atoms with van der Waals surface area (Å²) in [5.41, 5.74) is 0.975. The molecule has 1 atom stereocenters. The molecule has 16 heavy (non-hydrogen) atoms. The van der Waals surface area contributed by atoms with E-state index in [2.05, 4.69) is 6.58 Å². The van der Waals surface area contributed by atoms with Crippen molar-refractivity contribution in [3.63, 3.8) is 0 Å². The van der Waals surface area contributed by atoms with Crippen molar-refractivity contribution in [2.45, 2.75) is 26.4 Å². The summed E-state index contributed by atoms with van der Waals surface area (Å²) in [4.78, 5) is 11.3. The molecule has 0 aromatic heterocycles. The van der Waals surface area contributed by atoms with E-state index in [0.29, 0.717) is 5.75 Å². The van der Waals surface area contributed by atoms with Gasteiger partial charge < -0.3 is 9.47 Å². The molecule has 0 aliphatic rings. The van der Waals surface area contributed by atoms with Gasteiger partial charge in [0.15, 0.2) is 0 Å². The normalized spacial score (nSPS) is 11.6. The number of carbonyl (C=O) groups is 1. The first kappa shape index (κ1) is 12.3. The van der Waals surface area contributed by atoms with E-state index in [0.717, 1.165) is 12.0 Å². The van der Waals surface area contributed by atoms with E-state index in [1.807, 2.05) is 26.0 Å². The molecule has 0 saturated carbocycles. The smallest absolute Gasteiger partial charge is 0.431 e. The van der Waals surface area contributed by atoms with Crippen LogP contribution >= 0.6 is 0 Å². The van der Waals surface area contributed by atoms with E-state index in [1.54, 1.807) is 18.2 Å². The van der Waals surface area contributed by atoms with Crippen molar-refractivity contribution in [3.05, 3.63) is 36.4 Å². The fraction of sp³-hybridized carbons (Fsp3) is 0.308. The van der Waals surface area contributed by atoms with E-state index in [-0.39, 0.29) is 6.10 Å². The largest absolute Gasteiger partial charge is 0.514 e. The lowest BCUT2D eigenvalue weighted by Gasteiger charge is -2.10. The Hall–Kier alpha value is -1.77. The lowest BCUT2D eigenvalue weighted by atomic mass is 10.2. The zero-order valence-electron chi connectivity index (χ0n) is 9.60. The second-order valence-electron chi connectivity index (χ2n) is 3.46. The molecule has 0 N–H and O–H groups in total. The van der Waals surface area contributed by atoms with E-state index < -0.39 is 6.16 Å². The first-order chi connectivity index (χ1) is 7.65. The van der Waals surface area contributed by atoms with Crippen molar-refractivity contribution >= 4 is 12.2 Å². The molecule has 0 aliphatic carbocycles. The predicted molar refractivity (Wildman–Crippen MR) is 63.4 cm³/mol. The summed E-state index contributed by atoms with van der Waals surface area (Å²) in [6, 6.07) is 7.04. The lowest BCUT2D eigenvalue weighted by Crippen LogP contribution is -2.17. The van der Waals surface area contributed by atoms with Gasteiger partial charge in [-0.05, 0) is 31.0 Å². The van der Waals surface area contributed by atoms with Gasteiger partial charge in [-0.1, -0.05) is 31.7 Å². The highest BCUT2D eigenvalue weighted by Crippen LogP contribution is 2.14. The Morgan fingerprint density at radius 2 is 2.06 bits per heavy atom. The maximum absolute atomic E-state index is 11.3. The Bertz CT molecular complexity index is 354. The lowest BCUT2D eigenvalue weighted by molar-refractivity contribution is 0.0643. The third-order valence-electron chi connectivity index (χ3n) is 2.19. The highest BCUT2D eigenvalue weighted by atomic mass is 16.7. The van der Waals surface area contributed by atoms with Crippen molar-refractivity contribution in [2.24, 2.45) is 0 Å². The average Bonchev–Trinajstić information content (AvgIpc) is 2.29. The number of benzene rings is 1. The Morgan fingerprint density at radius 1 is 1.44 bits per heavy atom. The molecular formula is C13H16O3. The molecule has 0 spiro atoms. The zero-order valence-corrected chi connectivity index (χ0v) is 9.60. The molecule has 0 aliphatic heterocycles. The molecule has 86 valence electrons. The third-order valence-corrected chi connectivity index (χ3v) is 2.19. The van der Waals surface area contributed by atoms with Crippen LogP contribution in [0, 0.1) is 0 Å². The van der Waals surface area contributed by atoms with Gasteiger partial charge in [0, 0.05) is 0 Å². The second-order valence-corrected chi connectivity index (χ2v) is 3.46. The maximum atomic E-state index is 11.3. The summed E-state index contributed by atoms with van der Waals surface area (Å²) in [7, 11) is 0. The van der Waals surface area contributed by atoms with Gasteiger partial charge in [0.2, 0.25) is 0 Å². The molecular weight excluding hydrogens is 204 g/mol. The summed E-state index contributed by atoms with van der Waals surface area (Å²) < 4.78 is 9.97. The van der Waals surface area contributed by atoms with E-state index in [1.165, 1.54) is 0 Å². The van der Waals surface area contributed by atoms with Crippen LogP contribution < -0.4 is 4.74 Å². The van der Waals surface area contributed by atoms with Crippen LogP contribution in [-0.4, -0.2) is 12.3 Å². The van der Waals surface area contributed by atoms with Gasteiger partial charge in [0.1, 0.15) is 11.9 Å². The average molecular weight is 220 g/mol. The maximum Gasteiger partial charge on any atom is 0.514 e. The van der Waals surface area contributed by atoms with Crippen LogP contribution in [0.1, 0.15) is 25.8 Å². The third kappa shape index (κ3) is 3.77. The van der Waals surface area contributed by atoms with Crippen molar-refractivity contribution in [3.8, 4) is 5.75 Å². The van der Waals surface area contributed by atoms with Crippen molar-refractivity contribution in [2.75, 3.05) is 0 Å². The molecule has 3 nitrogen and oxygen atoms in total. The molecule has 3 heteroatoms. The van der Waals surface area contributed by atoms with Crippen LogP contribution in [0.2, 0.25) is 0 Å². The van der Waals surface area contributed by atoms with E-state index in [9.17, 15) is 4.79 Å². The summed E-state index contributed by atoms with van der Waals surface area (Å²) in [6.45, 7) is 7.40. The quantitative estimate of drug-likeness (QED) is 0.574. The van der Waals surface area contributed by atoms with Gasteiger partial charge in [-0.25, -0.2) is 4.79 Å². The van der Waals surface area contributed by atoms with Gasteiger partial charge in [0.05, 0.1) is 0 Å². The molecule has 1 rings (SSSR count).